The van der Waals surface area contributed by atoms with Crippen LogP contribution in [-0.4, -0.2) is 35.0 Å². The molecule has 2 aromatic carbocycles. The summed E-state index contributed by atoms with van der Waals surface area (Å²) >= 11 is 0. The van der Waals surface area contributed by atoms with E-state index in [9.17, 15) is 5.11 Å². The molecule has 25 heavy (non-hydrogen) atoms. The van der Waals surface area contributed by atoms with Crippen LogP contribution >= 0.6 is 0 Å². The third kappa shape index (κ3) is 2.55. The lowest BCUT2D eigenvalue weighted by Gasteiger charge is -2.34. The second kappa shape index (κ2) is 6.08. The van der Waals surface area contributed by atoms with Gasteiger partial charge in [0.1, 0.15) is 0 Å². The molecular weight excluding hydrogens is 316 g/mol. The Kier molecular flexibility index (Phi) is 3.88. The fraction of sp³-hybridized carbons (Fsp3) is 0.368. The maximum Gasteiger partial charge on any atom is 0.0888 e. The molecule has 0 spiro atoms. The van der Waals surface area contributed by atoms with Crippen molar-refractivity contribution < 1.29 is 9.84 Å². The van der Waals surface area contributed by atoms with Gasteiger partial charge >= 0.3 is 0 Å². The second-order valence-electron chi connectivity index (χ2n) is 6.78. The van der Waals surface area contributed by atoms with Gasteiger partial charge in [-0.25, -0.2) is 0 Å². The smallest absolute Gasteiger partial charge is 0.0888 e. The number of nitrogens with zero attached hydrogens (tertiary/aromatic N) is 4. The minimum atomic E-state index is -0.786. The van der Waals surface area contributed by atoms with Gasteiger partial charge in [-0.3, -0.25) is 0 Å². The van der Waals surface area contributed by atoms with E-state index in [-0.39, 0.29) is 12.6 Å². The van der Waals surface area contributed by atoms with Crippen molar-refractivity contribution >= 4 is 21.8 Å². The number of ether oxygens (including phenoxy) is 1. The molecule has 0 aliphatic carbocycles. The van der Waals surface area contributed by atoms with Crippen molar-refractivity contribution in [1.29, 1.82) is 0 Å². The van der Waals surface area contributed by atoms with Crippen LogP contribution in [0.15, 0.2) is 41.5 Å². The number of aliphatic hydroxyl groups is 1. The maximum absolute atomic E-state index is 10.8. The number of aliphatic hydroxyl groups excluding tert-OH is 1. The van der Waals surface area contributed by atoms with Crippen LogP contribution in [0.1, 0.15) is 17.2 Å². The Morgan fingerprint density at radius 2 is 1.68 bits per heavy atom. The van der Waals surface area contributed by atoms with Crippen molar-refractivity contribution in [3.05, 3.63) is 58.0 Å². The highest BCUT2D eigenvalue weighted by molar-refractivity contribution is 6.08. The highest BCUT2D eigenvalue weighted by Crippen LogP contribution is 2.36. The molecule has 1 aromatic heterocycles. The number of aromatic nitrogens is 1. The lowest BCUT2D eigenvalue weighted by atomic mass is 10.0. The molecule has 0 radical (unpaired) electrons. The SMILES string of the molecule is Cc1ccc2c(c1)c1cc(C)ccc1n2[C@H]1COCC(N=[N+]=[N-])[C@@H]1O. The number of benzene rings is 2. The Balaban J connectivity index is 1.98. The summed E-state index contributed by atoms with van der Waals surface area (Å²) in [5, 5.41) is 16.8. The molecule has 128 valence electrons. The van der Waals surface area contributed by atoms with Gasteiger partial charge in [-0.15, -0.1) is 0 Å². The summed E-state index contributed by atoms with van der Waals surface area (Å²) in [6.07, 6.45) is -0.786. The molecule has 6 nitrogen and oxygen atoms in total. The van der Waals surface area contributed by atoms with Crippen LogP contribution in [0.5, 0.6) is 0 Å². The molecule has 1 unspecified atom stereocenters. The van der Waals surface area contributed by atoms with Gasteiger partial charge in [0.05, 0.1) is 31.4 Å². The first-order valence-electron chi connectivity index (χ1n) is 8.41. The number of hydrogen-bond acceptors (Lipinski definition) is 3. The summed E-state index contributed by atoms with van der Waals surface area (Å²) in [5.41, 5.74) is 13.2. The number of fused-ring (bicyclic) bond motifs is 3. The lowest BCUT2D eigenvalue weighted by Crippen LogP contribution is -2.43. The molecule has 1 fully saturated rings. The monoisotopic (exact) mass is 336 g/mol. The molecule has 1 N–H and O–H groups in total. The van der Waals surface area contributed by atoms with E-state index in [2.05, 4.69) is 64.8 Å². The van der Waals surface area contributed by atoms with Crippen LogP contribution in [0.25, 0.3) is 32.2 Å². The molecule has 4 rings (SSSR count). The molecule has 1 aliphatic rings. The van der Waals surface area contributed by atoms with Gasteiger partial charge in [-0.05, 0) is 43.6 Å². The first-order chi connectivity index (χ1) is 12.1. The van der Waals surface area contributed by atoms with Crippen molar-refractivity contribution in [2.75, 3.05) is 13.2 Å². The highest BCUT2D eigenvalue weighted by Gasteiger charge is 2.34. The van der Waals surface area contributed by atoms with E-state index < -0.39 is 12.1 Å². The van der Waals surface area contributed by atoms with Gasteiger partial charge in [0.15, 0.2) is 0 Å². The standard InChI is InChI=1S/C19H20N4O2/c1-11-3-5-16-13(7-11)14-8-12(2)4-6-17(14)23(16)18-10-25-9-15(19(18)24)21-22-20/h3-8,15,18-19,24H,9-10H2,1-2H3/t15?,18-,19-/m0/s1. The Morgan fingerprint density at radius 1 is 1.08 bits per heavy atom. The molecule has 1 aliphatic heterocycles. The summed E-state index contributed by atoms with van der Waals surface area (Å²) < 4.78 is 7.77. The third-order valence-corrected chi connectivity index (χ3v) is 5.01. The summed E-state index contributed by atoms with van der Waals surface area (Å²) in [4.78, 5) is 2.85. The molecule has 1 saturated heterocycles. The van der Waals surface area contributed by atoms with Crippen molar-refractivity contribution in [1.82, 2.24) is 4.57 Å². The van der Waals surface area contributed by atoms with Gasteiger partial charge in [-0.2, -0.15) is 0 Å². The Morgan fingerprint density at radius 3 is 2.24 bits per heavy atom. The molecule has 0 bridgehead atoms. The first kappa shape index (κ1) is 16.0. The summed E-state index contributed by atoms with van der Waals surface area (Å²) in [6.45, 7) is 4.79. The molecular formula is C19H20N4O2. The predicted molar refractivity (Wildman–Crippen MR) is 97.7 cm³/mol. The topological polar surface area (TPSA) is 83.2 Å². The average molecular weight is 336 g/mol. The Hall–Kier alpha value is -2.53. The zero-order valence-electron chi connectivity index (χ0n) is 14.3. The van der Waals surface area contributed by atoms with E-state index in [1.165, 1.54) is 11.1 Å². The summed E-state index contributed by atoms with van der Waals surface area (Å²) in [5.74, 6) is 0. The molecule has 6 heteroatoms. The first-order valence-corrected chi connectivity index (χ1v) is 8.41. The van der Waals surface area contributed by atoms with E-state index in [4.69, 9.17) is 10.3 Å². The van der Waals surface area contributed by atoms with Crippen molar-refractivity contribution in [2.45, 2.75) is 32.0 Å². The van der Waals surface area contributed by atoms with E-state index in [0.717, 1.165) is 21.8 Å². The maximum atomic E-state index is 10.8. The van der Waals surface area contributed by atoms with Gasteiger partial charge in [-0.1, -0.05) is 28.4 Å². The van der Waals surface area contributed by atoms with E-state index in [1.807, 2.05) is 0 Å². The second-order valence-corrected chi connectivity index (χ2v) is 6.78. The largest absolute Gasteiger partial charge is 0.390 e. The molecule has 0 saturated carbocycles. The van der Waals surface area contributed by atoms with Crippen LogP contribution in [-0.2, 0) is 4.74 Å². The predicted octanol–water partition coefficient (Wildman–Crippen LogP) is 4.02. The average Bonchev–Trinajstić information content (AvgIpc) is 2.90. The number of hydrogen-bond donors (Lipinski definition) is 1. The Labute approximate surface area is 145 Å². The molecule has 3 aromatic rings. The van der Waals surface area contributed by atoms with E-state index >= 15 is 0 Å². The minimum absolute atomic E-state index is 0.247. The van der Waals surface area contributed by atoms with Gasteiger partial charge in [0.25, 0.3) is 0 Å². The molecule has 2 heterocycles. The third-order valence-electron chi connectivity index (χ3n) is 5.01. The lowest BCUT2D eigenvalue weighted by molar-refractivity contribution is -0.0413. The summed E-state index contributed by atoms with van der Waals surface area (Å²) in [6, 6.07) is 11.8. The number of rotatable bonds is 2. The van der Waals surface area contributed by atoms with Gasteiger partial charge in [0, 0.05) is 26.7 Å². The van der Waals surface area contributed by atoms with E-state index in [1.54, 1.807) is 0 Å². The van der Waals surface area contributed by atoms with Crippen LogP contribution in [0.3, 0.4) is 0 Å². The fourth-order valence-corrected chi connectivity index (χ4v) is 3.80. The fourth-order valence-electron chi connectivity index (χ4n) is 3.80. The van der Waals surface area contributed by atoms with Crippen molar-refractivity contribution in [2.24, 2.45) is 5.11 Å². The van der Waals surface area contributed by atoms with Crippen molar-refractivity contribution in [3.8, 4) is 0 Å². The van der Waals surface area contributed by atoms with Crippen LogP contribution < -0.4 is 0 Å². The van der Waals surface area contributed by atoms with Crippen LogP contribution in [0.4, 0.5) is 0 Å². The van der Waals surface area contributed by atoms with E-state index in [0.29, 0.717) is 6.61 Å². The van der Waals surface area contributed by atoms with Crippen molar-refractivity contribution in [3.63, 3.8) is 0 Å². The number of azide groups is 1. The van der Waals surface area contributed by atoms with Crippen LogP contribution in [0.2, 0.25) is 0 Å². The normalized spacial score (nSPS) is 23.7. The zero-order valence-corrected chi connectivity index (χ0v) is 14.3. The van der Waals surface area contributed by atoms with Gasteiger partial charge < -0.3 is 14.4 Å². The highest BCUT2D eigenvalue weighted by atomic mass is 16.5. The minimum Gasteiger partial charge on any atom is -0.390 e. The molecule has 0 amide bonds. The van der Waals surface area contributed by atoms with Crippen LogP contribution in [0, 0.1) is 13.8 Å². The number of aryl methyl sites for hydroxylation is 2. The Bertz CT molecular complexity index is 944. The summed E-state index contributed by atoms with van der Waals surface area (Å²) in [7, 11) is 0. The quantitative estimate of drug-likeness (QED) is 0.435. The van der Waals surface area contributed by atoms with Gasteiger partial charge in [0.2, 0.25) is 0 Å². The zero-order chi connectivity index (χ0) is 17.6. The molecule has 3 atom stereocenters.